The maximum Gasteiger partial charge on any atom is 0.166 e. The second kappa shape index (κ2) is 8.10. The van der Waals surface area contributed by atoms with Crippen molar-refractivity contribution < 1.29 is 4.42 Å². The van der Waals surface area contributed by atoms with Gasteiger partial charge < -0.3 is 9.32 Å². The summed E-state index contributed by atoms with van der Waals surface area (Å²) in [5, 5.41) is 3.48. The van der Waals surface area contributed by atoms with Crippen molar-refractivity contribution in [2.24, 2.45) is 10.9 Å². The van der Waals surface area contributed by atoms with Crippen LogP contribution in [0.1, 0.15) is 55.1 Å². The molecule has 0 atom stereocenters. The van der Waals surface area contributed by atoms with Crippen LogP contribution in [0.3, 0.4) is 0 Å². The predicted octanol–water partition coefficient (Wildman–Crippen LogP) is 6.49. The van der Waals surface area contributed by atoms with Gasteiger partial charge in [-0.15, -0.1) is 0 Å². The van der Waals surface area contributed by atoms with Crippen LogP contribution in [0.15, 0.2) is 51.0 Å². The van der Waals surface area contributed by atoms with Crippen LogP contribution in [0.25, 0.3) is 10.9 Å². The van der Waals surface area contributed by atoms with Gasteiger partial charge in [0.05, 0.1) is 18.3 Å². The number of thioether (sulfide) groups is 1. The number of benzene rings is 1. The molecule has 0 unspecified atom stereocenters. The zero-order valence-electron chi connectivity index (χ0n) is 18.0. The number of pyridine rings is 1. The highest BCUT2D eigenvalue weighted by Crippen LogP contribution is 2.38. The molecule has 1 fully saturated rings. The summed E-state index contributed by atoms with van der Waals surface area (Å²) in [6.07, 6.45) is 6.82. The van der Waals surface area contributed by atoms with Gasteiger partial charge in [-0.05, 0) is 86.5 Å². The van der Waals surface area contributed by atoms with Crippen LogP contribution in [-0.2, 0) is 13.1 Å². The Balaban J connectivity index is 1.53. The lowest BCUT2D eigenvalue weighted by molar-refractivity contribution is 0.208. The number of aromatic nitrogens is 1. The molecule has 156 valence electrons. The Morgan fingerprint density at radius 3 is 2.70 bits per heavy atom. The summed E-state index contributed by atoms with van der Waals surface area (Å²) >= 11 is 1.73. The molecular formula is C25H29N3OS. The average Bonchev–Trinajstić information content (AvgIpc) is 3.28. The van der Waals surface area contributed by atoms with E-state index in [-0.39, 0.29) is 0 Å². The van der Waals surface area contributed by atoms with Gasteiger partial charge in [0.15, 0.2) is 5.17 Å². The first kappa shape index (κ1) is 19.7. The maximum atomic E-state index is 5.52. The molecule has 0 saturated heterocycles. The number of rotatable bonds is 3. The molecule has 0 spiro atoms. The fourth-order valence-electron chi connectivity index (χ4n) is 4.67. The highest BCUT2D eigenvalue weighted by atomic mass is 32.2. The zero-order chi connectivity index (χ0) is 20.7. The Kier molecular flexibility index (Phi) is 5.32. The molecule has 1 saturated carbocycles. The predicted molar refractivity (Wildman–Crippen MR) is 124 cm³/mol. The number of aryl methyl sites for hydroxylation is 2. The smallest absolute Gasteiger partial charge is 0.166 e. The van der Waals surface area contributed by atoms with Crippen molar-refractivity contribution >= 4 is 27.8 Å². The zero-order valence-corrected chi connectivity index (χ0v) is 18.8. The van der Waals surface area contributed by atoms with E-state index >= 15 is 0 Å². The molecule has 2 aliphatic rings. The highest BCUT2D eigenvalue weighted by molar-refractivity contribution is 8.13. The van der Waals surface area contributed by atoms with E-state index in [1.54, 1.807) is 18.0 Å². The minimum absolute atomic E-state index is 0.562. The summed E-state index contributed by atoms with van der Waals surface area (Å²) in [4.78, 5) is 12.6. The second-order valence-corrected chi connectivity index (χ2v) is 9.83. The van der Waals surface area contributed by atoms with Gasteiger partial charge in [-0.3, -0.25) is 4.99 Å². The first-order chi connectivity index (χ1) is 14.6. The first-order valence-electron chi connectivity index (χ1n) is 11.0. The lowest BCUT2D eigenvalue weighted by atomic mass is 9.86. The van der Waals surface area contributed by atoms with Gasteiger partial charge >= 0.3 is 0 Å². The van der Waals surface area contributed by atoms with E-state index in [1.165, 1.54) is 47.8 Å². The normalized spacial score (nSPS) is 23.2. The van der Waals surface area contributed by atoms with Gasteiger partial charge in [-0.2, -0.15) is 0 Å². The third-order valence-corrected chi connectivity index (χ3v) is 7.69. The minimum Gasteiger partial charge on any atom is -0.467 e. The van der Waals surface area contributed by atoms with E-state index in [1.807, 2.05) is 12.1 Å². The average molecular weight is 420 g/mol. The Morgan fingerprint density at radius 1 is 1.13 bits per heavy atom. The van der Waals surface area contributed by atoms with Crippen LogP contribution < -0.4 is 0 Å². The molecule has 0 amide bonds. The molecule has 1 aliphatic heterocycles. The van der Waals surface area contributed by atoms with Crippen LogP contribution in [0.5, 0.6) is 0 Å². The third kappa shape index (κ3) is 3.76. The summed E-state index contributed by atoms with van der Waals surface area (Å²) in [5.41, 5.74) is 4.98. The van der Waals surface area contributed by atoms with Crippen LogP contribution in [0.2, 0.25) is 0 Å². The van der Waals surface area contributed by atoms with Gasteiger partial charge in [0, 0.05) is 23.5 Å². The number of amidine groups is 1. The SMILES string of the molecule is Cc1ccc(C)c2nc3c(cc12)CN(C1CCC(C)CC1)C(=NCc1ccco1)S3. The molecule has 1 aliphatic carbocycles. The molecule has 5 heteroatoms. The summed E-state index contributed by atoms with van der Waals surface area (Å²) in [6.45, 7) is 8.19. The fourth-order valence-corrected chi connectivity index (χ4v) is 5.69. The standard InChI is InChI=1S/C25H29N3OS/c1-16-6-10-20(11-7-16)28-15-19-13-22-17(2)8-9-18(3)23(22)27-24(19)30-25(28)26-14-21-5-4-12-29-21/h4-5,8-9,12-13,16,20H,6-7,10-11,14-15H2,1-3H3. The van der Waals surface area contributed by atoms with Crippen LogP contribution in [0, 0.1) is 19.8 Å². The Labute approximate surface area is 182 Å². The second-order valence-electron chi connectivity index (χ2n) is 8.87. The quantitative estimate of drug-likeness (QED) is 0.487. The van der Waals surface area contributed by atoms with E-state index in [4.69, 9.17) is 14.4 Å². The molecule has 2 aromatic heterocycles. The van der Waals surface area contributed by atoms with Gasteiger partial charge in [0.2, 0.25) is 0 Å². The number of hydrogen-bond donors (Lipinski definition) is 0. The maximum absolute atomic E-state index is 5.52. The van der Waals surface area contributed by atoms with Crippen molar-refractivity contribution in [2.45, 2.75) is 70.6 Å². The van der Waals surface area contributed by atoms with Crippen LogP contribution in [-0.4, -0.2) is 21.1 Å². The summed E-state index contributed by atoms with van der Waals surface area (Å²) in [5.74, 6) is 1.75. The van der Waals surface area contributed by atoms with Crippen LogP contribution in [0.4, 0.5) is 0 Å². The Hall–Kier alpha value is -2.27. The van der Waals surface area contributed by atoms with Crippen molar-refractivity contribution in [3.8, 4) is 0 Å². The largest absolute Gasteiger partial charge is 0.467 e. The van der Waals surface area contributed by atoms with Gasteiger partial charge in [0.1, 0.15) is 10.8 Å². The molecule has 1 aromatic carbocycles. The molecule has 0 N–H and O–H groups in total. The van der Waals surface area contributed by atoms with Gasteiger partial charge in [-0.1, -0.05) is 19.1 Å². The summed E-state index contributed by atoms with van der Waals surface area (Å²) < 4.78 is 5.52. The van der Waals surface area contributed by atoms with Crippen molar-refractivity contribution in [3.63, 3.8) is 0 Å². The lowest BCUT2D eigenvalue weighted by Gasteiger charge is -2.40. The number of aliphatic imine (C=N–C) groups is 1. The summed E-state index contributed by atoms with van der Waals surface area (Å²) in [7, 11) is 0. The monoisotopic (exact) mass is 419 g/mol. The van der Waals surface area contributed by atoms with Gasteiger partial charge in [-0.25, -0.2) is 4.98 Å². The number of nitrogens with zero attached hydrogens (tertiary/aromatic N) is 3. The molecule has 4 nitrogen and oxygen atoms in total. The van der Waals surface area contributed by atoms with Crippen molar-refractivity contribution in [2.75, 3.05) is 0 Å². The molecule has 3 heterocycles. The van der Waals surface area contributed by atoms with Crippen molar-refractivity contribution in [3.05, 3.63) is 59.0 Å². The highest BCUT2D eigenvalue weighted by Gasteiger charge is 2.32. The minimum atomic E-state index is 0.562. The molecule has 0 bridgehead atoms. The van der Waals surface area contributed by atoms with E-state index in [9.17, 15) is 0 Å². The third-order valence-electron chi connectivity index (χ3n) is 6.59. The van der Waals surface area contributed by atoms with Crippen molar-refractivity contribution in [1.82, 2.24) is 9.88 Å². The number of furan rings is 1. The van der Waals surface area contributed by atoms with Crippen LogP contribution >= 0.6 is 11.8 Å². The lowest BCUT2D eigenvalue weighted by Crippen LogP contribution is -2.42. The summed E-state index contributed by atoms with van der Waals surface area (Å²) in [6, 6.07) is 11.2. The molecule has 0 radical (unpaired) electrons. The van der Waals surface area contributed by atoms with E-state index in [0.29, 0.717) is 12.6 Å². The molecule has 5 rings (SSSR count). The van der Waals surface area contributed by atoms with E-state index < -0.39 is 0 Å². The van der Waals surface area contributed by atoms with Crippen molar-refractivity contribution in [1.29, 1.82) is 0 Å². The molecular weight excluding hydrogens is 390 g/mol. The van der Waals surface area contributed by atoms with E-state index in [0.717, 1.165) is 33.9 Å². The Bertz CT molecular complexity index is 1080. The van der Waals surface area contributed by atoms with Gasteiger partial charge in [0.25, 0.3) is 0 Å². The topological polar surface area (TPSA) is 41.6 Å². The molecule has 30 heavy (non-hydrogen) atoms. The first-order valence-corrected chi connectivity index (χ1v) is 11.8. The molecule has 3 aromatic rings. The fraction of sp³-hybridized carbons (Fsp3) is 0.440. The number of hydrogen-bond acceptors (Lipinski definition) is 4. The number of fused-ring (bicyclic) bond motifs is 2. The van der Waals surface area contributed by atoms with E-state index in [2.05, 4.69) is 43.9 Å². The Morgan fingerprint density at radius 2 is 1.93 bits per heavy atom.